The van der Waals surface area contributed by atoms with Gasteiger partial charge >= 0.3 is 58.4 Å². The maximum atomic E-state index is 13.2. The van der Waals surface area contributed by atoms with E-state index in [2.05, 4.69) is 10.0 Å². The molecule has 22 heavy (non-hydrogen) atoms. The topological polar surface area (TPSA) is 82.9 Å². The second kappa shape index (κ2) is 7.89. The molecule has 116 valence electrons. The van der Waals surface area contributed by atoms with Crippen molar-refractivity contribution in [2.45, 2.75) is 26.5 Å². The number of benzene rings is 1. The molecule has 0 heterocycles. The van der Waals surface area contributed by atoms with Gasteiger partial charge in [-0.2, -0.15) is 0 Å². The zero-order chi connectivity index (χ0) is 16.6. The van der Waals surface area contributed by atoms with E-state index >= 15 is 0 Å². The van der Waals surface area contributed by atoms with Gasteiger partial charge in [0.15, 0.2) is 0 Å². The maximum absolute atomic E-state index is 13.2. The molecule has 1 rings (SSSR count). The van der Waals surface area contributed by atoms with Gasteiger partial charge in [0.25, 0.3) is 0 Å². The number of azide groups is 1. The summed E-state index contributed by atoms with van der Waals surface area (Å²) in [4.78, 5) is 2.50. The Morgan fingerprint density at radius 3 is 2.05 bits per heavy atom. The number of rotatable bonds is 4. The van der Waals surface area contributed by atoms with E-state index in [0.29, 0.717) is 0 Å². The molecule has 0 saturated carbocycles. The summed E-state index contributed by atoms with van der Waals surface area (Å²) in [5.41, 5.74) is 6.99. The van der Waals surface area contributed by atoms with E-state index in [-0.39, 0.29) is 79.3 Å². The average Bonchev–Trinajstić information content (AvgIpc) is 2.27. The summed E-state index contributed by atoms with van der Waals surface area (Å²) < 4.78 is 62.1. The first-order valence-electron chi connectivity index (χ1n) is 5.70. The van der Waals surface area contributed by atoms with Crippen LogP contribution in [0, 0.1) is 20.8 Å². The van der Waals surface area contributed by atoms with Gasteiger partial charge in [-0.25, -0.2) is 8.42 Å². The Morgan fingerprint density at radius 2 is 1.68 bits per heavy atom. The molecule has 12 heteroatoms. The summed E-state index contributed by atoms with van der Waals surface area (Å²) in [5.74, 6) is -0.764. The zero-order valence-electron chi connectivity index (χ0n) is 12.4. The van der Waals surface area contributed by atoms with E-state index in [0.717, 1.165) is 0 Å². The third-order valence-electron chi connectivity index (χ3n) is 3.21. The number of halogens is 4. The van der Waals surface area contributed by atoms with Gasteiger partial charge in [-0.1, -0.05) is 16.2 Å². The second-order valence-corrected chi connectivity index (χ2v) is 7.34. The zero-order valence-corrected chi connectivity index (χ0v) is 17.1. The minimum Gasteiger partial charge on any atom is -0.445 e. The SMILES string of the molecule is Cc1c(CS(=O)(=O)Cl)c(C)c([B-](F)(F)F)c(C)c1N=[N+]=[N-].[K+]. The van der Waals surface area contributed by atoms with Crippen molar-refractivity contribution in [2.75, 3.05) is 0 Å². The molecule has 0 radical (unpaired) electrons. The molecule has 0 aliphatic carbocycles. The van der Waals surface area contributed by atoms with Crippen LogP contribution in [0.1, 0.15) is 22.3 Å². The van der Waals surface area contributed by atoms with E-state index in [4.69, 9.17) is 16.2 Å². The Balaban J connectivity index is 0.00000441. The number of hydrogen-bond donors (Lipinski definition) is 0. The first-order valence-corrected chi connectivity index (χ1v) is 8.18. The van der Waals surface area contributed by atoms with Crippen LogP contribution in [0.3, 0.4) is 0 Å². The molecule has 0 aromatic heterocycles. The van der Waals surface area contributed by atoms with Crippen LogP contribution in [0.2, 0.25) is 0 Å². The first-order chi connectivity index (χ1) is 9.40. The van der Waals surface area contributed by atoms with Crippen LogP contribution in [0.15, 0.2) is 5.11 Å². The molecule has 0 aliphatic rings. The van der Waals surface area contributed by atoms with Gasteiger partial charge in [0.05, 0.1) is 5.75 Å². The molecule has 0 fully saturated rings. The van der Waals surface area contributed by atoms with Crippen LogP contribution in [0.5, 0.6) is 0 Å². The molecule has 1 aromatic carbocycles. The molecule has 0 aliphatic heterocycles. The van der Waals surface area contributed by atoms with Crippen molar-refractivity contribution in [2.24, 2.45) is 5.11 Å². The van der Waals surface area contributed by atoms with Crippen LogP contribution < -0.4 is 56.8 Å². The van der Waals surface area contributed by atoms with E-state index in [1.165, 1.54) is 20.8 Å². The third kappa shape index (κ3) is 5.13. The molecule has 0 unspecified atom stereocenters. The molecule has 0 N–H and O–H groups in total. The Kier molecular flexibility index (Phi) is 7.98. The van der Waals surface area contributed by atoms with Crippen molar-refractivity contribution < 1.29 is 72.7 Å². The van der Waals surface area contributed by atoms with Gasteiger partial charge in [-0.15, -0.1) is 5.46 Å². The van der Waals surface area contributed by atoms with Gasteiger partial charge in [0.2, 0.25) is 9.05 Å². The fraction of sp³-hybridized carbons (Fsp3) is 0.400. The standard InChI is InChI=1S/C10H11BClF3N3O2S.K/c1-5-8(4-21(12,19)20)6(2)10(17-18-16)7(3)9(5)11(13,14)15;/h4H2,1-3H3;/q-1;+1. The van der Waals surface area contributed by atoms with Gasteiger partial charge in [-0.3, -0.25) is 0 Å². The molecule has 0 bridgehead atoms. The minimum absolute atomic E-state index is 0. The Morgan fingerprint density at radius 1 is 1.18 bits per heavy atom. The fourth-order valence-corrected chi connectivity index (χ4v) is 3.46. The Labute approximate surface area is 173 Å². The Hall–Kier alpha value is 0.261. The van der Waals surface area contributed by atoms with Crippen LogP contribution in [-0.2, 0) is 14.8 Å². The van der Waals surface area contributed by atoms with E-state index in [1.807, 2.05) is 0 Å². The molecule has 1 aromatic rings. The molecular weight excluding hydrogens is 369 g/mol. The summed E-state index contributed by atoms with van der Waals surface area (Å²) in [6.07, 6.45) is 0. The monoisotopic (exact) mass is 379 g/mol. The van der Waals surface area contributed by atoms with Crippen LogP contribution in [-0.4, -0.2) is 15.4 Å². The van der Waals surface area contributed by atoms with Gasteiger partial charge in [0.1, 0.15) is 0 Å². The van der Waals surface area contributed by atoms with Crippen molar-refractivity contribution in [3.8, 4) is 0 Å². The third-order valence-corrected chi connectivity index (χ3v) is 4.17. The number of hydrogen-bond acceptors (Lipinski definition) is 3. The van der Waals surface area contributed by atoms with Crippen LogP contribution in [0.25, 0.3) is 10.4 Å². The van der Waals surface area contributed by atoms with E-state index < -0.39 is 27.2 Å². The smallest absolute Gasteiger partial charge is 0.445 e. The molecule has 5 nitrogen and oxygen atoms in total. The van der Waals surface area contributed by atoms with Crippen molar-refractivity contribution >= 4 is 37.9 Å². The van der Waals surface area contributed by atoms with Crippen molar-refractivity contribution in [3.05, 3.63) is 32.7 Å². The quantitative estimate of drug-likeness (QED) is 0.253. The van der Waals surface area contributed by atoms with Crippen molar-refractivity contribution in [1.29, 1.82) is 0 Å². The van der Waals surface area contributed by atoms with Crippen LogP contribution >= 0.6 is 10.7 Å². The van der Waals surface area contributed by atoms with Gasteiger partial charge in [-0.05, 0) is 37.4 Å². The summed E-state index contributed by atoms with van der Waals surface area (Å²) in [5, 5.41) is 3.26. The number of nitrogens with zero attached hydrogens (tertiary/aromatic N) is 3. The van der Waals surface area contributed by atoms with E-state index in [1.54, 1.807) is 0 Å². The fourth-order valence-electron chi connectivity index (χ4n) is 2.35. The van der Waals surface area contributed by atoms with Crippen LogP contribution in [0.4, 0.5) is 18.6 Å². The van der Waals surface area contributed by atoms with Crippen molar-refractivity contribution in [3.63, 3.8) is 0 Å². The Bertz CT molecular complexity index is 749. The largest absolute Gasteiger partial charge is 1.00 e. The summed E-state index contributed by atoms with van der Waals surface area (Å²) in [7, 11) is 1.09. The van der Waals surface area contributed by atoms with Crippen molar-refractivity contribution in [1.82, 2.24) is 0 Å². The molecule has 0 spiro atoms. The van der Waals surface area contributed by atoms with Gasteiger partial charge < -0.3 is 12.9 Å². The minimum atomic E-state index is -5.39. The predicted molar refractivity (Wildman–Crippen MR) is 76.6 cm³/mol. The average molecular weight is 380 g/mol. The molecule has 0 amide bonds. The molecule has 0 saturated heterocycles. The summed E-state index contributed by atoms with van der Waals surface area (Å²) >= 11 is 0. The summed E-state index contributed by atoms with van der Waals surface area (Å²) in [6.45, 7) is -1.62. The maximum Gasteiger partial charge on any atom is 1.00 e. The molecule has 0 atom stereocenters. The normalized spacial score (nSPS) is 11.6. The molecular formula is C10H11BClF3KN3O2S. The second-order valence-electron chi connectivity index (χ2n) is 4.56. The summed E-state index contributed by atoms with van der Waals surface area (Å²) in [6, 6.07) is 0. The van der Waals surface area contributed by atoms with E-state index in [9.17, 15) is 21.4 Å². The van der Waals surface area contributed by atoms with Gasteiger partial charge in [0, 0.05) is 21.3 Å². The first kappa shape index (κ1) is 22.3. The predicted octanol–water partition coefficient (Wildman–Crippen LogP) is 0.681.